The predicted molar refractivity (Wildman–Crippen MR) is 137 cm³/mol. The average molecular weight is 505 g/mol. The number of benzene rings is 1. The summed E-state index contributed by atoms with van der Waals surface area (Å²) < 4.78 is 30.0. The number of rotatable bonds is 7. The van der Waals surface area contributed by atoms with E-state index >= 15 is 0 Å². The summed E-state index contributed by atoms with van der Waals surface area (Å²) in [5.41, 5.74) is 3.18. The highest BCUT2D eigenvalue weighted by molar-refractivity contribution is 7.89. The van der Waals surface area contributed by atoms with Gasteiger partial charge in [0.15, 0.2) is 0 Å². The zero-order chi connectivity index (χ0) is 25.1. The van der Waals surface area contributed by atoms with Crippen LogP contribution >= 0.6 is 0 Å². The fourth-order valence-corrected chi connectivity index (χ4v) is 6.44. The second kappa shape index (κ2) is 10.2. The molecule has 0 aliphatic carbocycles. The van der Waals surface area contributed by atoms with Gasteiger partial charge in [0, 0.05) is 49.5 Å². The maximum atomic E-state index is 13.3. The van der Waals surface area contributed by atoms with Crippen molar-refractivity contribution in [3.05, 3.63) is 72.2 Å². The second-order valence-electron chi connectivity index (χ2n) is 8.99. The number of nitrogens with zero attached hydrogens (tertiary/aromatic N) is 7. The molecule has 10 nitrogen and oxygen atoms in total. The maximum Gasteiger partial charge on any atom is 0.243 e. The minimum absolute atomic E-state index is 0.153. The van der Waals surface area contributed by atoms with Gasteiger partial charge in [0.1, 0.15) is 18.0 Å². The second-order valence-corrected chi connectivity index (χ2v) is 10.9. The van der Waals surface area contributed by atoms with Gasteiger partial charge in [0.2, 0.25) is 16.6 Å². The van der Waals surface area contributed by atoms with Gasteiger partial charge >= 0.3 is 0 Å². The molecule has 186 valence electrons. The van der Waals surface area contributed by atoms with Crippen LogP contribution in [0.4, 0.5) is 0 Å². The van der Waals surface area contributed by atoms with Gasteiger partial charge in [-0.3, -0.25) is 9.58 Å². The summed E-state index contributed by atoms with van der Waals surface area (Å²) in [6, 6.07) is 8.90. The maximum absolute atomic E-state index is 13.3. The minimum Gasteiger partial charge on any atom is -0.346 e. The van der Waals surface area contributed by atoms with Crippen molar-refractivity contribution >= 4 is 21.1 Å². The number of nitrogens with one attached hydrogen (secondary N) is 1. The number of aryl methyl sites for hydroxylation is 1. The van der Waals surface area contributed by atoms with Gasteiger partial charge in [0.05, 0.1) is 16.8 Å². The molecule has 0 spiro atoms. The Morgan fingerprint density at radius 3 is 2.83 bits per heavy atom. The van der Waals surface area contributed by atoms with Crippen LogP contribution < -0.4 is 0 Å². The molecule has 0 saturated carbocycles. The van der Waals surface area contributed by atoms with Crippen LogP contribution in [0.25, 0.3) is 27.1 Å². The molecule has 1 unspecified atom stereocenters. The summed E-state index contributed by atoms with van der Waals surface area (Å²) in [6.07, 6.45) is 7.78. The van der Waals surface area contributed by atoms with Crippen LogP contribution in [0.2, 0.25) is 0 Å². The lowest BCUT2D eigenvalue weighted by atomic mass is 10.2. The summed E-state index contributed by atoms with van der Waals surface area (Å²) in [7, 11) is -3.54. The van der Waals surface area contributed by atoms with Crippen molar-refractivity contribution in [3.63, 3.8) is 0 Å². The van der Waals surface area contributed by atoms with E-state index in [0.29, 0.717) is 31.1 Å². The zero-order valence-electron chi connectivity index (χ0n) is 20.1. The third-order valence-electron chi connectivity index (χ3n) is 6.63. The summed E-state index contributed by atoms with van der Waals surface area (Å²) >= 11 is 0. The molecule has 1 N–H and O–H groups in total. The first kappa shape index (κ1) is 24.1. The first-order valence-corrected chi connectivity index (χ1v) is 13.4. The Hall–Kier alpha value is -3.59. The summed E-state index contributed by atoms with van der Waals surface area (Å²) in [6.45, 7) is 12.5. The minimum atomic E-state index is -3.54. The van der Waals surface area contributed by atoms with Gasteiger partial charge in [0.25, 0.3) is 0 Å². The van der Waals surface area contributed by atoms with E-state index in [0.717, 1.165) is 40.8 Å². The van der Waals surface area contributed by atoms with Crippen molar-refractivity contribution in [1.29, 1.82) is 0 Å². The van der Waals surface area contributed by atoms with Crippen molar-refractivity contribution in [2.45, 2.75) is 24.3 Å². The smallest absolute Gasteiger partial charge is 0.243 e. The molecule has 1 aliphatic rings. The van der Waals surface area contributed by atoms with Gasteiger partial charge in [-0.1, -0.05) is 18.2 Å². The lowest BCUT2D eigenvalue weighted by Crippen LogP contribution is -2.37. The van der Waals surface area contributed by atoms with Crippen molar-refractivity contribution in [2.24, 2.45) is 0 Å². The molecule has 4 aromatic rings. The zero-order valence-corrected chi connectivity index (χ0v) is 20.9. The molecule has 1 aromatic carbocycles. The Morgan fingerprint density at radius 1 is 1.14 bits per heavy atom. The third-order valence-corrected chi connectivity index (χ3v) is 8.69. The third kappa shape index (κ3) is 4.75. The van der Waals surface area contributed by atoms with E-state index in [-0.39, 0.29) is 12.6 Å². The van der Waals surface area contributed by atoms with Crippen molar-refractivity contribution < 1.29 is 8.42 Å². The van der Waals surface area contributed by atoms with Crippen molar-refractivity contribution in [3.8, 4) is 11.3 Å². The Kier molecular flexibility index (Phi) is 6.82. The van der Waals surface area contributed by atoms with Crippen LogP contribution in [-0.4, -0.2) is 81.6 Å². The van der Waals surface area contributed by atoms with E-state index in [1.165, 1.54) is 6.33 Å². The number of aromatic nitrogens is 5. The van der Waals surface area contributed by atoms with Gasteiger partial charge in [-0.15, -0.1) is 0 Å². The number of hydrogen-bond donors (Lipinski definition) is 1. The lowest BCUT2D eigenvalue weighted by molar-refractivity contribution is 0.240. The topological polar surface area (TPSA) is 104 Å². The van der Waals surface area contributed by atoms with Gasteiger partial charge in [-0.25, -0.2) is 25.0 Å². The molecule has 3 aromatic heterocycles. The molecule has 4 heterocycles. The molecule has 11 heteroatoms. The lowest BCUT2D eigenvalue weighted by Gasteiger charge is -2.24. The van der Waals surface area contributed by atoms with E-state index in [1.54, 1.807) is 22.6 Å². The molecule has 0 radical (unpaired) electrons. The predicted octanol–water partition coefficient (Wildman–Crippen LogP) is 2.99. The first-order chi connectivity index (χ1) is 17.5. The average Bonchev–Trinajstić information content (AvgIpc) is 3.49. The standard InChI is InChI=1S/C25H28N8O2S/c1-19-6-3-4-7-23(19)36(34,35)32-11-5-10-31(12-13-32)17-21(15-26-2)33-16-20(14-30-33)24-22-8-9-27-25(22)29-18-28-24/h3-4,6-9,14,16,18,21H,5,10-13,15,17H2,1H3,(H,27,28,29). The van der Waals surface area contributed by atoms with Crippen LogP contribution in [0.1, 0.15) is 18.0 Å². The Balaban J connectivity index is 1.30. The van der Waals surface area contributed by atoms with E-state index in [1.807, 2.05) is 42.2 Å². The Bertz CT molecular complexity index is 1500. The molecule has 0 bridgehead atoms. The largest absolute Gasteiger partial charge is 0.346 e. The van der Waals surface area contributed by atoms with E-state index in [4.69, 9.17) is 6.57 Å². The number of sulfonamides is 1. The van der Waals surface area contributed by atoms with Gasteiger partial charge in [-0.2, -0.15) is 9.40 Å². The fourth-order valence-electron chi connectivity index (χ4n) is 4.75. The van der Waals surface area contributed by atoms with Crippen molar-refractivity contribution in [1.82, 2.24) is 33.9 Å². The summed E-state index contributed by atoms with van der Waals surface area (Å²) in [4.78, 5) is 18.0. The van der Waals surface area contributed by atoms with E-state index < -0.39 is 10.0 Å². The van der Waals surface area contributed by atoms with Gasteiger partial charge in [-0.05, 0) is 37.6 Å². The van der Waals surface area contributed by atoms with Crippen LogP contribution in [0.5, 0.6) is 0 Å². The summed E-state index contributed by atoms with van der Waals surface area (Å²) in [5, 5.41) is 5.48. The molecule has 1 fully saturated rings. The Morgan fingerprint density at radius 2 is 2.00 bits per heavy atom. The number of H-pyrrole nitrogens is 1. The monoisotopic (exact) mass is 504 g/mol. The summed E-state index contributed by atoms with van der Waals surface area (Å²) in [5.74, 6) is 0. The Labute approximate surface area is 210 Å². The fraction of sp³-hybridized carbons (Fsp3) is 0.360. The molecular formula is C25H28N8O2S. The molecule has 1 saturated heterocycles. The number of hydrogen-bond acceptors (Lipinski definition) is 6. The molecule has 36 heavy (non-hydrogen) atoms. The highest BCUT2D eigenvalue weighted by atomic mass is 32.2. The van der Waals surface area contributed by atoms with Crippen LogP contribution in [0.15, 0.2) is 60.1 Å². The quantitative estimate of drug-likeness (QED) is 0.388. The van der Waals surface area contributed by atoms with Crippen molar-refractivity contribution in [2.75, 3.05) is 39.3 Å². The van der Waals surface area contributed by atoms with Crippen LogP contribution in [0.3, 0.4) is 0 Å². The molecular weight excluding hydrogens is 476 g/mol. The number of aromatic amines is 1. The highest BCUT2D eigenvalue weighted by Gasteiger charge is 2.29. The van der Waals surface area contributed by atoms with Crippen LogP contribution in [-0.2, 0) is 10.0 Å². The molecule has 0 amide bonds. The molecule has 1 atom stereocenters. The van der Waals surface area contributed by atoms with E-state index in [9.17, 15) is 8.42 Å². The SMILES string of the molecule is [C-]#[N+]CC(CN1CCCN(S(=O)(=O)c2ccccc2C)CC1)n1cc(-c2ncnc3[nH]ccc23)cn1. The first-order valence-electron chi connectivity index (χ1n) is 11.9. The normalized spacial score (nSPS) is 16.6. The van der Waals surface area contributed by atoms with Crippen LogP contribution in [0, 0.1) is 13.5 Å². The highest BCUT2D eigenvalue weighted by Crippen LogP contribution is 2.26. The molecule has 1 aliphatic heterocycles. The number of fused-ring (bicyclic) bond motifs is 1. The van der Waals surface area contributed by atoms with E-state index in [2.05, 4.69) is 29.8 Å². The van der Waals surface area contributed by atoms with Gasteiger partial charge < -0.3 is 9.83 Å². The molecule has 5 rings (SSSR count).